The third-order valence-corrected chi connectivity index (χ3v) is 1.29. The predicted molar refractivity (Wildman–Crippen MR) is 32.9 cm³/mol. The zero-order valence-electron chi connectivity index (χ0n) is 5.89. The lowest BCUT2D eigenvalue weighted by atomic mass is 10.4. The van der Waals surface area contributed by atoms with Crippen LogP contribution in [0.2, 0.25) is 0 Å². The minimum Gasteiger partial charge on any atom is -0.248 e. The molecular formula is C6H7F3N2. The fraction of sp³-hybridized carbons (Fsp3) is 0.500. The van der Waals surface area contributed by atoms with E-state index in [1.807, 2.05) is 0 Å². The van der Waals surface area contributed by atoms with Gasteiger partial charge in [-0.25, -0.2) is 9.55 Å². The van der Waals surface area contributed by atoms with Crippen molar-refractivity contribution in [3.8, 4) is 0 Å². The number of nitrogens with zero attached hydrogens (tertiary/aromatic N) is 2. The maximum Gasteiger partial charge on any atom is 0.489 e. The summed E-state index contributed by atoms with van der Waals surface area (Å²) in [5, 5.41) is 0. The van der Waals surface area contributed by atoms with Crippen molar-refractivity contribution in [2.75, 3.05) is 0 Å². The van der Waals surface area contributed by atoms with E-state index >= 15 is 0 Å². The minimum atomic E-state index is -4.33. The van der Waals surface area contributed by atoms with Gasteiger partial charge in [0.05, 0.1) is 5.69 Å². The zero-order valence-corrected chi connectivity index (χ0v) is 5.89. The highest BCUT2D eigenvalue weighted by Crippen LogP contribution is 2.21. The average Bonchev–Trinajstić information content (AvgIpc) is 2.32. The van der Waals surface area contributed by atoms with Crippen LogP contribution in [0, 0.1) is 0 Å². The molecule has 0 aromatic carbocycles. The SMILES string of the molecule is CCc1cn(C(F)(F)F)cn1. The van der Waals surface area contributed by atoms with Crippen LogP contribution in [-0.2, 0) is 12.7 Å². The van der Waals surface area contributed by atoms with Gasteiger partial charge >= 0.3 is 6.30 Å². The van der Waals surface area contributed by atoms with Crippen LogP contribution >= 0.6 is 0 Å². The molecule has 0 saturated carbocycles. The molecule has 0 fully saturated rings. The van der Waals surface area contributed by atoms with E-state index in [1.54, 1.807) is 6.92 Å². The Morgan fingerprint density at radius 3 is 2.45 bits per heavy atom. The van der Waals surface area contributed by atoms with Crippen LogP contribution in [0.15, 0.2) is 12.5 Å². The van der Waals surface area contributed by atoms with Gasteiger partial charge in [-0.3, -0.25) is 0 Å². The Kier molecular flexibility index (Phi) is 1.89. The van der Waals surface area contributed by atoms with Crippen LogP contribution in [0.1, 0.15) is 12.6 Å². The lowest BCUT2D eigenvalue weighted by Crippen LogP contribution is -2.13. The first-order chi connectivity index (χ1) is 5.04. The average molecular weight is 164 g/mol. The summed E-state index contributed by atoms with van der Waals surface area (Å²) in [6.07, 6.45) is -2.05. The van der Waals surface area contributed by atoms with Gasteiger partial charge in [0, 0.05) is 6.20 Å². The number of alkyl halides is 3. The van der Waals surface area contributed by atoms with E-state index in [-0.39, 0.29) is 4.57 Å². The summed E-state index contributed by atoms with van der Waals surface area (Å²) < 4.78 is 35.7. The second-order valence-electron chi connectivity index (χ2n) is 2.09. The molecule has 0 N–H and O–H groups in total. The summed E-state index contributed by atoms with van der Waals surface area (Å²) >= 11 is 0. The van der Waals surface area contributed by atoms with Gasteiger partial charge in [-0.05, 0) is 6.42 Å². The molecular weight excluding hydrogens is 157 g/mol. The molecule has 2 nitrogen and oxygen atoms in total. The number of aromatic nitrogens is 2. The van der Waals surface area contributed by atoms with Crippen LogP contribution in [0.25, 0.3) is 0 Å². The van der Waals surface area contributed by atoms with Crippen molar-refractivity contribution in [3.63, 3.8) is 0 Å². The molecule has 1 aromatic heterocycles. The Bertz CT molecular complexity index is 238. The smallest absolute Gasteiger partial charge is 0.248 e. The van der Waals surface area contributed by atoms with E-state index < -0.39 is 6.30 Å². The third kappa shape index (κ3) is 1.72. The predicted octanol–water partition coefficient (Wildman–Crippen LogP) is 1.92. The molecule has 62 valence electrons. The van der Waals surface area contributed by atoms with E-state index in [0.29, 0.717) is 12.1 Å². The van der Waals surface area contributed by atoms with Crippen molar-refractivity contribution in [3.05, 3.63) is 18.2 Å². The van der Waals surface area contributed by atoms with Gasteiger partial charge in [-0.1, -0.05) is 6.92 Å². The first kappa shape index (κ1) is 8.10. The van der Waals surface area contributed by atoms with E-state index in [0.717, 1.165) is 12.5 Å². The normalized spacial score (nSPS) is 12.0. The largest absolute Gasteiger partial charge is 0.489 e. The maximum atomic E-state index is 11.9. The highest BCUT2D eigenvalue weighted by Gasteiger charge is 2.29. The molecule has 1 rings (SSSR count). The van der Waals surface area contributed by atoms with Crippen LogP contribution in [0.4, 0.5) is 13.2 Å². The molecule has 1 heterocycles. The fourth-order valence-electron chi connectivity index (χ4n) is 0.685. The first-order valence-electron chi connectivity index (χ1n) is 3.14. The van der Waals surface area contributed by atoms with Crippen LogP contribution in [0.5, 0.6) is 0 Å². The number of halogens is 3. The Labute approximate surface area is 61.7 Å². The highest BCUT2D eigenvalue weighted by atomic mass is 19.4. The van der Waals surface area contributed by atoms with Crippen molar-refractivity contribution in [1.82, 2.24) is 9.55 Å². The molecule has 0 radical (unpaired) electrons. The summed E-state index contributed by atoms with van der Waals surface area (Å²) in [6, 6.07) is 0. The maximum absolute atomic E-state index is 11.9. The Hall–Kier alpha value is -1.00. The van der Waals surface area contributed by atoms with Crippen LogP contribution < -0.4 is 0 Å². The molecule has 0 amide bonds. The molecule has 5 heteroatoms. The van der Waals surface area contributed by atoms with Crippen LogP contribution in [0.3, 0.4) is 0 Å². The second-order valence-corrected chi connectivity index (χ2v) is 2.09. The number of hydrogen-bond donors (Lipinski definition) is 0. The molecule has 0 unspecified atom stereocenters. The molecule has 0 aliphatic heterocycles. The molecule has 0 aliphatic carbocycles. The lowest BCUT2D eigenvalue weighted by molar-refractivity contribution is -0.204. The third-order valence-electron chi connectivity index (χ3n) is 1.29. The van der Waals surface area contributed by atoms with Crippen molar-refractivity contribution >= 4 is 0 Å². The standard InChI is InChI=1S/C6H7F3N2/c1-2-5-3-11(4-10-5)6(7,8)9/h3-4H,2H2,1H3. The number of imidazole rings is 1. The minimum absolute atomic E-state index is 0.145. The Morgan fingerprint density at radius 1 is 1.55 bits per heavy atom. The molecule has 0 aliphatic rings. The van der Waals surface area contributed by atoms with E-state index in [9.17, 15) is 13.2 Å². The van der Waals surface area contributed by atoms with Gasteiger partial charge in [0.25, 0.3) is 0 Å². The summed E-state index contributed by atoms with van der Waals surface area (Å²) in [5.74, 6) is 0. The van der Waals surface area contributed by atoms with Gasteiger partial charge in [-0.2, -0.15) is 0 Å². The second kappa shape index (κ2) is 2.56. The van der Waals surface area contributed by atoms with Gasteiger partial charge in [0.1, 0.15) is 6.33 Å². The lowest BCUT2D eigenvalue weighted by Gasteiger charge is -2.04. The fourth-order valence-corrected chi connectivity index (χ4v) is 0.685. The van der Waals surface area contributed by atoms with Gasteiger partial charge < -0.3 is 0 Å². The van der Waals surface area contributed by atoms with Crippen molar-refractivity contribution < 1.29 is 13.2 Å². The molecule has 0 bridgehead atoms. The molecule has 0 saturated heterocycles. The molecule has 1 aromatic rings. The van der Waals surface area contributed by atoms with Gasteiger partial charge in [0.15, 0.2) is 0 Å². The topological polar surface area (TPSA) is 17.8 Å². The van der Waals surface area contributed by atoms with Gasteiger partial charge in [0.2, 0.25) is 0 Å². The Morgan fingerprint density at radius 2 is 2.18 bits per heavy atom. The first-order valence-corrected chi connectivity index (χ1v) is 3.14. The highest BCUT2D eigenvalue weighted by molar-refractivity contribution is 4.96. The van der Waals surface area contributed by atoms with Gasteiger partial charge in [-0.15, -0.1) is 13.2 Å². The summed E-state index contributed by atoms with van der Waals surface area (Å²) in [7, 11) is 0. The Balaban J connectivity index is 2.89. The van der Waals surface area contributed by atoms with Crippen molar-refractivity contribution in [1.29, 1.82) is 0 Å². The van der Waals surface area contributed by atoms with Crippen molar-refractivity contribution in [2.24, 2.45) is 0 Å². The van der Waals surface area contributed by atoms with E-state index in [4.69, 9.17) is 0 Å². The quantitative estimate of drug-likeness (QED) is 0.620. The van der Waals surface area contributed by atoms with E-state index in [1.165, 1.54) is 0 Å². The molecule has 0 spiro atoms. The number of aryl methyl sites for hydroxylation is 1. The van der Waals surface area contributed by atoms with Crippen LogP contribution in [-0.4, -0.2) is 9.55 Å². The summed E-state index contributed by atoms with van der Waals surface area (Å²) in [4.78, 5) is 3.54. The zero-order chi connectivity index (χ0) is 8.48. The summed E-state index contributed by atoms with van der Waals surface area (Å²) in [6.45, 7) is 1.75. The monoisotopic (exact) mass is 164 g/mol. The van der Waals surface area contributed by atoms with Crippen molar-refractivity contribution in [2.45, 2.75) is 19.6 Å². The number of hydrogen-bond acceptors (Lipinski definition) is 1. The number of rotatable bonds is 1. The summed E-state index contributed by atoms with van der Waals surface area (Å²) in [5.41, 5.74) is 0.447. The molecule has 11 heavy (non-hydrogen) atoms. The van der Waals surface area contributed by atoms with E-state index in [2.05, 4.69) is 4.98 Å². The molecule has 0 atom stereocenters.